The Balaban J connectivity index is 1.49. The molecule has 3 N–H and O–H groups in total. The van der Waals surface area contributed by atoms with Crippen LogP contribution in [0.1, 0.15) is 49.7 Å². The summed E-state index contributed by atoms with van der Waals surface area (Å²) in [6.07, 6.45) is -5.84. The van der Waals surface area contributed by atoms with Gasteiger partial charge < -0.3 is 15.4 Å². The first-order valence-electron chi connectivity index (χ1n) is 11.0. The Bertz CT molecular complexity index is 1280. The van der Waals surface area contributed by atoms with E-state index in [1.165, 1.54) is 16.8 Å². The average molecular weight is 510 g/mol. The summed E-state index contributed by atoms with van der Waals surface area (Å²) in [5.74, 6) is -0.255. The van der Waals surface area contributed by atoms with E-state index in [4.69, 9.17) is 4.74 Å². The van der Waals surface area contributed by atoms with Gasteiger partial charge in [0.15, 0.2) is 17.3 Å². The minimum absolute atomic E-state index is 0.0336. The van der Waals surface area contributed by atoms with Crippen molar-refractivity contribution in [1.82, 2.24) is 30.1 Å². The van der Waals surface area contributed by atoms with Crippen LogP contribution in [0.2, 0.25) is 0 Å². The second-order valence-corrected chi connectivity index (χ2v) is 8.49. The van der Waals surface area contributed by atoms with Crippen LogP contribution in [-0.4, -0.2) is 55.6 Å². The SMILES string of the molecule is CC(C)NC(=O)O[C@H]1CC[C@@H](c2cc(Nc3nc(C#N)cn4nc(COC(F)(F)F)cc34)n[nH]2)[C@@H]1F. The number of ether oxygens (including phenoxy) is 2. The van der Waals surface area contributed by atoms with Crippen molar-refractivity contribution in [2.75, 3.05) is 5.32 Å². The number of H-pyrrole nitrogens is 1. The largest absolute Gasteiger partial charge is 0.522 e. The number of halogens is 4. The van der Waals surface area contributed by atoms with Crippen LogP contribution in [0.15, 0.2) is 18.3 Å². The number of nitrogens with one attached hydrogen (secondary N) is 3. The molecule has 0 aliphatic heterocycles. The van der Waals surface area contributed by atoms with Crippen LogP contribution in [0.4, 0.5) is 34.0 Å². The van der Waals surface area contributed by atoms with Crippen molar-refractivity contribution in [3.63, 3.8) is 0 Å². The number of nitriles is 1. The normalized spacial score (nSPS) is 20.0. The molecule has 4 rings (SSSR count). The molecule has 0 unspecified atom stereocenters. The first-order valence-corrected chi connectivity index (χ1v) is 11.0. The minimum atomic E-state index is -4.82. The van der Waals surface area contributed by atoms with Crippen LogP contribution in [0, 0.1) is 11.3 Å². The summed E-state index contributed by atoms with van der Waals surface area (Å²) in [6, 6.07) is 4.59. The number of amides is 1. The molecule has 1 aliphatic rings. The van der Waals surface area contributed by atoms with Crippen molar-refractivity contribution >= 4 is 23.2 Å². The third-order valence-corrected chi connectivity index (χ3v) is 5.41. The van der Waals surface area contributed by atoms with Gasteiger partial charge >= 0.3 is 12.5 Å². The number of rotatable bonds is 7. The molecule has 0 spiro atoms. The fourth-order valence-corrected chi connectivity index (χ4v) is 3.91. The second-order valence-electron chi connectivity index (χ2n) is 8.49. The number of nitrogens with zero attached hydrogens (tertiary/aromatic N) is 5. The van der Waals surface area contributed by atoms with E-state index in [0.29, 0.717) is 18.5 Å². The minimum Gasteiger partial charge on any atom is -0.443 e. The number of alkyl halides is 4. The standard InChI is InChI=1S/C21H22F4N8O3/c1-10(2)27-20(34)36-16-4-3-13(18(16)22)14-6-17(31-30-14)29-19-15-5-11(9-35-21(23,24)25)32-33(15)8-12(7-26)28-19/h5-6,8,10,13,16,18H,3-4,9H2,1-2H3,(H,27,34)(H2,28,29,30,31)/t13-,16-,18-/m0/s1. The van der Waals surface area contributed by atoms with Gasteiger partial charge in [0.05, 0.1) is 11.9 Å². The molecule has 192 valence electrons. The van der Waals surface area contributed by atoms with Gasteiger partial charge in [0.2, 0.25) is 0 Å². The van der Waals surface area contributed by atoms with Crippen molar-refractivity contribution in [1.29, 1.82) is 5.26 Å². The Kier molecular flexibility index (Phi) is 6.97. The summed E-state index contributed by atoms with van der Waals surface area (Å²) in [7, 11) is 0. The summed E-state index contributed by atoms with van der Waals surface area (Å²) < 4.78 is 62.4. The van der Waals surface area contributed by atoms with Crippen LogP contribution >= 0.6 is 0 Å². The van der Waals surface area contributed by atoms with E-state index >= 15 is 4.39 Å². The highest BCUT2D eigenvalue weighted by molar-refractivity contribution is 5.73. The van der Waals surface area contributed by atoms with Crippen molar-refractivity contribution in [3.05, 3.63) is 35.4 Å². The van der Waals surface area contributed by atoms with Gasteiger partial charge in [-0.05, 0) is 32.8 Å². The highest BCUT2D eigenvalue weighted by atomic mass is 19.4. The lowest BCUT2D eigenvalue weighted by atomic mass is 10.0. The molecule has 36 heavy (non-hydrogen) atoms. The average Bonchev–Trinajstić information content (AvgIpc) is 3.50. The van der Waals surface area contributed by atoms with Crippen molar-refractivity contribution < 1.29 is 31.8 Å². The monoisotopic (exact) mass is 510 g/mol. The number of carbonyl (C=O) groups excluding carboxylic acids is 1. The second kappa shape index (κ2) is 9.97. The number of aromatic amines is 1. The summed E-state index contributed by atoms with van der Waals surface area (Å²) in [5.41, 5.74) is 0.647. The fraction of sp³-hybridized carbons (Fsp3) is 0.476. The van der Waals surface area contributed by atoms with Gasteiger partial charge in [-0.3, -0.25) is 9.84 Å². The number of alkyl carbamates (subject to hydrolysis) is 1. The number of carbonyl (C=O) groups is 1. The van der Waals surface area contributed by atoms with Gasteiger partial charge in [0.25, 0.3) is 0 Å². The predicted molar refractivity (Wildman–Crippen MR) is 116 cm³/mol. The van der Waals surface area contributed by atoms with E-state index in [9.17, 15) is 23.2 Å². The van der Waals surface area contributed by atoms with Crippen LogP contribution in [0.5, 0.6) is 0 Å². The molecule has 3 aromatic rings. The first-order chi connectivity index (χ1) is 17.0. The lowest BCUT2D eigenvalue weighted by molar-refractivity contribution is -0.330. The van der Waals surface area contributed by atoms with Gasteiger partial charge in [-0.25, -0.2) is 18.7 Å². The van der Waals surface area contributed by atoms with Gasteiger partial charge in [-0.1, -0.05) is 0 Å². The van der Waals surface area contributed by atoms with E-state index in [2.05, 4.69) is 35.7 Å². The molecule has 3 aromatic heterocycles. The van der Waals surface area contributed by atoms with E-state index in [1.807, 2.05) is 6.07 Å². The Hall–Kier alpha value is -3.93. The Morgan fingerprint density at radius 3 is 2.83 bits per heavy atom. The zero-order valence-electron chi connectivity index (χ0n) is 19.1. The summed E-state index contributed by atoms with van der Waals surface area (Å²) >= 11 is 0. The molecule has 11 nitrogen and oxygen atoms in total. The highest BCUT2D eigenvalue weighted by Gasteiger charge is 2.41. The first kappa shape index (κ1) is 25.2. The molecule has 3 atom stereocenters. The number of aromatic nitrogens is 5. The molecule has 0 aromatic carbocycles. The molecular formula is C21H22F4N8O3. The number of anilines is 2. The van der Waals surface area contributed by atoms with Crippen molar-refractivity contribution in [3.8, 4) is 6.07 Å². The maximum Gasteiger partial charge on any atom is 0.522 e. The fourth-order valence-electron chi connectivity index (χ4n) is 3.91. The molecule has 1 amide bonds. The molecule has 0 radical (unpaired) electrons. The third kappa shape index (κ3) is 5.82. The van der Waals surface area contributed by atoms with Gasteiger partial charge in [0, 0.05) is 23.7 Å². The van der Waals surface area contributed by atoms with Gasteiger partial charge in [-0.15, -0.1) is 13.2 Å². The van der Waals surface area contributed by atoms with Gasteiger partial charge in [-0.2, -0.15) is 15.5 Å². The van der Waals surface area contributed by atoms with Crippen LogP contribution in [-0.2, 0) is 16.1 Å². The number of hydrogen-bond acceptors (Lipinski definition) is 8. The van der Waals surface area contributed by atoms with Crippen molar-refractivity contribution in [2.45, 2.75) is 63.9 Å². The molecule has 3 heterocycles. The summed E-state index contributed by atoms with van der Waals surface area (Å²) in [6.45, 7) is 2.71. The molecule has 1 fully saturated rings. The maximum atomic E-state index is 15.0. The topological polar surface area (TPSA) is 142 Å². The smallest absolute Gasteiger partial charge is 0.443 e. The van der Waals surface area contributed by atoms with Gasteiger partial charge in [0.1, 0.15) is 30.5 Å². The van der Waals surface area contributed by atoms with Crippen LogP contribution < -0.4 is 10.6 Å². The quantitative estimate of drug-likeness (QED) is 0.407. The molecule has 0 saturated heterocycles. The van der Waals surface area contributed by atoms with E-state index in [1.54, 1.807) is 19.9 Å². The molecule has 1 saturated carbocycles. The Morgan fingerprint density at radius 2 is 2.14 bits per heavy atom. The van der Waals surface area contributed by atoms with Crippen LogP contribution in [0.3, 0.4) is 0 Å². The van der Waals surface area contributed by atoms with E-state index < -0.39 is 37.3 Å². The van der Waals surface area contributed by atoms with E-state index in [-0.39, 0.29) is 34.6 Å². The van der Waals surface area contributed by atoms with E-state index in [0.717, 1.165) is 0 Å². The third-order valence-electron chi connectivity index (χ3n) is 5.41. The summed E-state index contributed by atoms with van der Waals surface area (Å²) in [5, 5.41) is 25.6. The molecule has 15 heteroatoms. The highest BCUT2D eigenvalue weighted by Crippen LogP contribution is 2.38. The summed E-state index contributed by atoms with van der Waals surface area (Å²) in [4.78, 5) is 16.0. The number of hydrogen-bond donors (Lipinski definition) is 3. The lowest BCUT2D eigenvalue weighted by Crippen LogP contribution is -2.36. The number of fused-ring (bicyclic) bond motifs is 1. The van der Waals surface area contributed by atoms with Crippen LogP contribution in [0.25, 0.3) is 5.52 Å². The lowest BCUT2D eigenvalue weighted by Gasteiger charge is -2.18. The zero-order valence-corrected chi connectivity index (χ0v) is 19.1. The molecule has 1 aliphatic carbocycles. The zero-order chi connectivity index (χ0) is 26.0. The Morgan fingerprint density at radius 1 is 1.36 bits per heavy atom. The molecule has 0 bridgehead atoms. The Labute approximate surface area is 201 Å². The predicted octanol–water partition coefficient (Wildman–Crippen LogP) is 3.82. The maximum absolute atomic E-state index is 15.0. The van der Waals surface area contributed by atoms with Crippen molar-refractivity contribution in [2.24, 2.45) is 0 Å². The molecular weight excluding hydrogens is 488 g/mol.